The van der Waals surface area contributed by atoms with E-state index < -0.39 is 0 Å². The lowest BCUT2D eigenvalue weighted by molar-refractivity contribution is 0.0847. The Morgan fingerprint density at radius 2 is 1.89 bits per heavy atom. The van der Waals surface area contributed by atoms with Crippen molar-refractivity contribution in [3.63, 3.8) is 0 Å². The van der Waals surface area contributed by atoms with Crippen molar-refractivity contribution in [3.05, 3.63) is 21.3 Å². The van der Waals surface area contributed by atoms with Gasteiger partial charge in [-0.2, -0.15) is 0 Å². The van der Waals surface area contributed by atoms with Crippen LogP contribution in [0.4, 0.5) is 0 Å². The van der Waals surface area contributed by atoms with Crippen molar-refractivity contribution in [1.82, 2.24) is 10.3 Å². The van der Waals surface area contributed by atoms with E-state index in [1.807, 2.05) is 6.07 Å². The number of thiophene rings is 1. The lowest BCUT2D eigenvalue weighted by Crippen LogP contribution is -2.54. The highest BCUT2D eigenvalue weighted by Crippen LogP contribution is 2.36. The smallest absolute Gasteiger partial charge is 0.0931 e. The molecule has 0 saturated carbocycles. The predicted molar refractivity (Wildman–Crippen MR) is 83.5 cm³/mol. The third-order valence-corrected chi connectivity index (χ3v) is 5.47. The summed E-state index contributed by atoms with van der Waals surface area (Å²) >= 11 is 7.67. The summed E-state index contributed by atoms with van der Waals surface area (Å²) in [7, 11) is 0. The number of halogens is 1. The third kappa shape index (κ3) is 3.50. The Morgan fingerprint density at radius 1 is 1.26 bits per heavy atom. The van der Waals surface area contributed by atoms with Gasteiger partial charge >= 0.3 is 0 Å². The lowest BCUT2D eigenvalue weighted by atomic mass is 9.91. The summed E-state index contributed by atoms with van der Waals surface area (Å²) in [6.07, 6.45) is 5.26. The summed E-state index contributed by atoms with van der Waals surface area (Å²) in [5.41, 5.74) is 2.99. The first-order valence-corrected chi connectivity index (χ1v) is 8.21. The van der Waals surface area contributed by atoms with Gasteiger partial charge in [0.1, 0.15) is 0 Å². The maximum Gasteiger partial charge on any atom is 0.0931 e. The number of hydrazine groups is 1. The Balaban J connectivity index is 2.19. The van der Waals surface area contributed by atoms with Crippen LogP contribution in [-0.4, -0.2) is 23.5 Å². The molecule has 5 heteroatoms. The fourth-order valence-electron chi connectivity index (χ4n) is 2.95. The van der Waals surface area contributed by atoms with Crippen LogP contribution in [0.1, 0.15) is 50.4 Å². The summed E-state index contributed by atoms with van der Waals surface area (Å²) in [6, 6.07) is 4.14. The van der Waals surface area contributed by atoms with E-state index in [4.69, 9.17) is 17.4 Å². The first kappa shape index (κ1) is 15.3. The maximum atomic E-state index is 6.06. The second kappa shape index (κ2) is 6.55. The van der Waals surface area contributed by atoms with Gasteiger partial charge in [-0.15, -0.1) is 11.3 Å². The number of hydrogen-bond acceptors (Lipinski definition) is 4. The van der Waals surface area contributed by atoms with E-state index in [0.717, 1.165) is 17.4 Å². The zero-order valence-electron chi connectivity index (χ0n) is 11.8. The zero-order valence-corrected chi connectivity index (χ0v) is 13.4. The molecule has 19 heavy (non-hydrogen) atoms. The molecular weight excluding hydrogens is 278 g/mol. The van der Waals surface area contributed by atoms with Crippen LogP contribution in [0.25, 0.3) is 0 Å². The molecule has 1 unspecified atom stereocenters. The SMILES string of the molecule is CC(C)(C(NN)c1ccc(Cl)s1)N1CCCCCC1. The van der Waals surface area contributed by atoms with Gasteiger partial charge in [0, 0.05) is 10.4 Å². The number of nitrogens with one attached hydrogen (secondary N) is 1. The minimum absolute atomic E-state index is 0.00667. The summed E-state index contributed by atoms with van der Waals surface area (Å²) < 4.78 is 0.821. The molecule has 0 bridgehead atoms. The van der Waals surface area contributed by atoms with Gasteiger partial charge in [-0.1, -0.05) is 24.4 Å². The van der Waals surface area contributed by atoms with Crippen LogP contribution in [0.5, 0.6) is 0 Å². The number of nitrogens with zero attached hydrogens (tertiary/aromatic N) is 1. The fourth-order valence-corrected chi connectivity index (χ4v) is 4.25. The third-order valence-electron chi connectivity index (χ3n) is 4.17. The molecule has 1 saturated heterocycles. The standard InChI is InChI=1S/C14H24ClN3S/c1-14(2,18-9-5-3-4-6-10-18)13(17-16)11-7-8-12(15)19-11/h7-8,13,17H,3-6,9-10,16H2,1-2H3. The van der Waals surface area contributed by atoms with Gasteiger partial charge < -0.3 is 0 Å². The normalized spacial score (nSPS) is 20.2. The van der Waals surface area contributed by atoms with Crippen molar-refractivity contribution < 1.29 is 0 Å². The van der Waals surface area contributed by atoms with E-state index >= 15 is 0 Å². The lowest BCUT2D eigenvalue weighted by Gasteiger charge is -2.43. The first-order chi connectivity index (χ1) is 9.05. The summed E-state index contributed by atoms with van der Waals surface area (Å²) in [4.78, 5) is 3.78. The highest BCUT2D eigenvalue weighted by molar-refractivity contribution is 7.16. The molecule has 0 radical (unpaired) electrons. The molecule has 1 atom stereocenters. The Labute approximate surface area is 125 Å². The molecule has 2 heterocycles. The van der Waals surface area contributed by atoms with Gasteiger partial charge in [0.25, 0.3) is 0 Å². The minimum Gasteiger partial charge on any atom is -0.296 e. The highest BCUT2D eigenvalue weighted by atomic mass is 35.5. The molecule has 3 nitrogen and oxygen atoms in total. The Morgan fingerprint density at radius 3 is 2.37 bits per heavy atom. The van der Waals surface area contributed by atoms with Crippen molar-refractivity contribution in [2.24, 2.45) is 5.84 Å². The van der Waals surface area contributed by atoms with Gasteiger partial charge in [0.15, 0.2) is 0 Å². The fraction of sp³-hybridized carbons (Fsp3) is 0.714. The average molecular weight is 302 g/mol. The molecule has 108 valence electrons. The van der Waals surface area contributed by atoms with Crippen LogP contribution in [0, 0.1) is 0 Å². The van der Waals surface area contributed by atoms with Crippen molar-refractivity contribution in [1.29, 1.82) is 0 Å². The second-order valence-electron chi connectivity index (χ2n) is 5.80. The summed E-state index contributed by atoms with van der Waals surface area (Å²) in [5, 5.41) is 0. The molecule has 2 rings (SSSR count). The van der Waals surface area contributed by atoms with E-state index in [2.05, 4.69) is 30.2 Å². The number of likely N-dealkylation sites (tertiary alicyclic amines) is 1. The highest BCUT2D eigenvalue weighted by Gasteiger charge is 2.36. The van der Waals surface area contributed by atoms with Crippen molar-refractivity contribution in [2.45, 2.75) is 51.1 Å². The van der Waals surface area contributed by atoms with E-state index in [0.29, 0.717) is 0 Å². The van der Waals surface area contributed by atoms with Gasteiger partial charge in [-0.25, -0.2) is 0 Å². The molecular formula is C14H24ClN3S. The van der Waals surface area contributed by atoms with E-state index in [1.165, 1.54) is 30.6 Å². The molecule has 0 spiro atoms. The van der Waals surface area contributed by atoms with Crippen molar-refractivity contribution in [3.8, 4) is 0 Å². The molecule has 1 aliphatic rings. The van der Waals surface area contributed by atoms with Crippen LogP contribution in [-0.2, 0) is 0 Å². The Kier molecular flexibility index (Phi) is 5.26. The maximum absolute atomic E-state index is 6.06. The Hall–Kier alpha value is -0.130. The van der Waals surface area contributed by atoms with Crippen molar-refractivity contribution >= 4 is 22.9 Å². The van der Waals surface area contributed by atoms with Gasteiger partial charge in [-0.3, -0.25) is 16.2 Å². The first-order valence-electron chi connectivity index (χ1n) is 7.02. The largest absolute Gasteiger partial charge is 0.296 e. The second-order valence-corrected chi connectivity index (χ2v) is 7.54. The number of rotatable bonds is 4. The minimum atomic E-state index is -0.00667. The van der Waals surface area contributed by atoms with E-state index in [1.54, 1.807) is 11.3 Å². The quantitative estimate of drug-likeness (QED) is 0.660. The van der Waals surface area contributed by atoms with E-state index in [9.17, 15) is 0 Å². The molecule has 1 aromatic rings. The van der Waals surface area contributed by atoms with Gasteiger partial charge in [0.05, 0.1) is 10.4 Å². The summed E-state index contributed by atoms with van der Waals surface area (Å²) in [5.74, 6) is 5.83. The molecule has 3 N–H and O–H groups in total. The van der Waals surface area contributed by atoms with Crippen LogP contribution in [0.2, 0.25) is 4.34 Å². The van der Waals surface area contributed by atoms with Crippen LogP contribution in [0.15, 0.2) is 12.1 Å². The molecule has 1 fully saturated rings. The van der Waals surface area contributed by atoms with Gasteiger partial charge in [-0.05, 0) is 51.9 Å². The van der Waals surface area contributed by atoms with Crippen molar-refractivity contribution in [2.75, 3.05) is 13.1 Å². The van der Waals surface area contributed by atoms with Gasteiger partial charge in [0.2, 0.25) is 0 Å². The number of hydrogen-bond donors (Lipinski definition) is 2. The monoisotopic (exact) mass is 301 g/mol. The Bertz CT molecular complexity index is 397. The van der Waals surface area contributed by atoms with Crippen LogP contribution in [0.3, 0.4) is 0 Å². The molecule has 1 aromatic heterocycles. The average Bonchev–Trinajstić information content (AvgIpc) is 2.65. The molecule has 0 aliphatic carbocycles. The predicted octanol–water partition coefficient (Wildman–Crippen LogP) is 3.56. The zero-order chi connectivity index (χ0) is 13.9. The molecule has 0 aromatic carbocycles. The summed E-state index contributed by atoms with van der Waals surface area (Å²) in [6.45, 7) is 6.86. The molecule has 0 amide bonds. The van der Waals surface area contributed by atoms with E-state index in [-0.39, 0.29) is 11.6 Å². The number of nitrogens with two attached hydrogens (primary N) is 1. The van der Waals surface area contributed by atoms with Crippen LogP contribution >= 0.6 is 22.9 Å². The van der Waals surface area contributed by atoms with Crippen LogP contribution < -0.4 is 11.3 Å². The topological polar surface area (TPSA) is 41.3 Å². The molecule has 1 aliphatic heterocycles.